The van der Waals surface area contributed by atoms with E-state index in [9.17, 15) is 4.79 Å². The minimum absolute atomic E-state index is 0.0112. The molecule has 3 nitrogen and oxygen atoms in total. The lowest BCUT2D eigenvalue weighted by atomic mass is 10.2. The predicted molar refractivity (Wildman–Crippen MR) is 52.6 cm³/mol. The zero-order chi connectivity index (χ0) is 8.97. The summed E-state index contributed by atoms with van der Waals surface area (Å²) in [6.45, 7) is 2.96. The molecule has 1 aromatic rings. The third-order valence-corrected chi connectivity index (χ3v) is 2.58. The van der Waals surface area contributed by atoms with Crippen LogP contribution in [0.1, 0.15) is 6.92 Å². The van der Waals surface area contributed by atoms with Crippen molar-refractivity contribution in [2.24, 2.45) is 5.92 Å². The molecule has 68 valence electrons. The second-order valence-corrected chi connectivity index (χ2v) is 3.89. The summed E-state index contributed by atoms with van der Waals surface area (Å²) in [7, 11) is 0. The van der Waals surface area contributed by atoms with Crippen LogP contribution in [0.5, 0.6) is 0 Å². The van der Waals surface area contributed by atoms with Gasteiger partial charge in [0, 0.05) is 18.9 Å². The van der Waals surface area contributed by atoms with Gasteiger partial charge in [-0.05, 0) is 17.9 Å². The highest BCUT2D eigenvalue weighted by atomic mass is 32.2. The van der Waals surface area contributed by atoms with Crippen LogP contribution in [-0.4, -0.2) is 21.6 Å². The molecule has 0 amide bonds. The quantitative estimate of drug-likeness (QED) is 0.766. The van der Waals surface area contributed by atoms with Gasteiger partial charge in [0.1, 0.15) is 0 Å². The summed E-state index contributed by atoms with van der Waals surface area (Å²) in [5, 5.41) is 0. The van der Waals surface area contributed by atoms with Gasteiger partial charge in [-0.15, -0.1) is 0 Å². The van der Waals surface area contributed by atoms with Gasteiger partial charge in [-0.3, -0.25) is 4.57 Å². The van der Waals surface area contributed by atoms with Crippen LogP contribution >= 0.6 is 11.8 Å². The Morgan fingerprint density at radius 3 is 3.00 bits per heavy atom. The van der Waals surface area contributed by atoms with Gasteiger partial charge in [-0.2, -0.15) is 11.8 Å². The molecule has 0 aliphatic rings. The van der Waals surface area contributed by atoms with Crippen molar-refractivity contribution in [1.29, 1.82) is 0 Å². The van der Waals surface area contributed by atoms with Gasteiger partial charge in [-0.25, -0.2) is 4.79 Å². The number of imidazole rings is 1. The monoisotopic (exact) mass is 186 g/mol. The van der Waals surface area contributed by atoms with Crippen LogP contribution < -0.4 is 5.69 Å². The number of rotatable bonds is 4. The molecule has 0 aliphatic carbocycles. The van der Waals surface area contributed by atoms with Gasteiger partial charge >= 0.3 is 5.69 Å². The molecule has 12 heavy (non-hydrogen) atoms. The molecule has 0 saturated carbocycles. The minimum Gasteiger partial charge on any atom is -0.313 e. The van der Waals surface area contributed by atoms with E-state index < -0.39 is 0 Å². The van der Waals surface area contributed by atoms with E-state index in [4.69, 9.17) is 0 Å². The third kappa shape index (κ3) is 2.44. The highest BCUT2D eigenvalue weighted by Crippen LogP contribution is 2.05. The Hall–Kier alpha value is -0.640. The van der Waals surface area contributed by atoms with Crippen molar-refractivity contribution in [3.8, 4) is 0 Å². The lowest BCUT2D eigenvalue weighted by Crippen LogP contribution is -2.20. The molecule has 1 aromatic heterocycles. The Bertz CT molecular complexity index is 279. The lowest BCUT2D eigenvalue weighted by molar-refractivity contribution is 0.519. The molecule has 1 rings (SSSR count). The summed E-state index contributed by atoms with van der Waals surface area (Å²) in [6.07, 6.45) is 5.55. The number of aromatic amines is 1. The van der Waals surface area contributed by atoms with Crippen molar-refractivity contribution < 1.29 is 0 Å². The largest absolute Gasteiger partial charge is 0.325 e. The Morgan fingerprint density at radius 2 is 2.50 bits per heavy atom. The number of hydrogen-bond donors (Lipinski definition) is 1. The molecule has 1 heterocycles. The summed E-state index contributed by atoms with van der Waals surface area (Å²) in [5.74, 6) is 1.64. The average Bonchev–Trinajstić information content (AvgIpc) is 2.37. The first-order chi connectivity index (χ1) is 5.74. The van der Waals surface area contributed by atoms with E-state index in [1.807, 2.05) is 11.8 Å². The van der Waals surface area contributed by atoms with Gasteiger partial charge in [0.2, 0.25) is 0 Å². The van der Waals surface area contributed by atoms with Gasteiger partial charge in [-0.1, -0.05) is 6.92 Å². The van der Waals surface area contributed by atoms with Gasteiger partial charge in [0.25, 0.3) is 0 Å². The highest BCUT2D eigenvalue weighted by Gasteiger charge is 2.03. The molecule has 1 N–H and O–H groups in total. The molecule has 4 heteroatoms. The fourth-order valence-corrected chi connectivity index (χ4v) is 1.84. The maximum Gasteiger partial charge on any atom is 0.325 e. The van der Waals surface area contributed by atoms with Crippen molar-refractivity contribution in [1.82, 2.24) is 9.55 Å². The van der Waals surface area contributed by atoms with Crippen LogP contribution in [0.15, 0.2) is 17.2 Å². The summed E-state index contributed by atoms with van der Waals surface area (Å²) in [5.41, 5.74) is -0.0112. The van der Waals surface area contributed by atoms with E-state index >= 15 is 0 Å². The number of nitrogens with one attached hydrogen (secondary N) is 1. The Kier molecular flexibility index (Phi) is 3.47. The molecule has 0 saturated heterocycles. The number of thioether (sulfide) groups is 1. The van der Waals surface area contributed by atoms with Gasteiger partial charge in [0.15, 0.2) is 0 Å². The highest BCUT2D eigenvalue weighted by molar-refractivity contribution is 7.98. The summed E-state index contributed by atoms with van der Waals surface area (Å²) in [4.78, 5) is 13.7. The van der Waals surface area contributed by atoms with E-state index in [2.05, 4.69) is 18.2 Å². The van der Waals surface area contributed by atoms with E-state index in [0.29, 0.717) is 5.92 Å². The maximum atomic E-state index is 11.1. The Morgan fingerprint density at radius 1 is 1.75 bits per heavy atom. The predicted octanol–water partition coefficient (Wildman–Crippen LogP) is 1.18. The molecular weight excluding hydrogens is 172 g/mol. The zero-order valence-corrected chi connectivity index (χ0v) is 8.23. The average molecular weight is 186 g/mol. The fraction of sp³-hybridized carbons (Fsp3) is 0.625. The van der Waals surface area contributed by atoms with Gasteiger partial charge < -0.3 is 4.98 Å². The first-order valence-corrected chi connectivity index (χ1v) is 5.36. The molecule has 0 aliphatic heterocycles. The van der Waals surface area contributed by atoms with Crippen LogP contribution in [0.2, 0.25) is 0 Å². The summed E-state index contributed by atoms with van der Waals surface area (Å²) < 4.78 is 1.71. The molecule has 1 atom stereocenters. The second-order valence-electron chi connectivity index (χ2n) is 2.98. The van der Waals surface area contributed by atoms with E-state index in [-0.39, 0.29) is 5.69 Å². The molecule has 0 bridgehead atoms. The summed E-state index contributed by atoms with van der Waals surface area (Å²) in [6, 6.07) is 0. The Labute approximate surface area is 76.2 Å². The van der Waals surface area contributed by atoms with E-state index in [1.165, 1.54) is 0 Å². The molecule has 0 spiro atoms. The summed E-state index contributed by atoms with van der Waals surface area (Å²) >= 11 is 1.81. The molecule has 0 fully saturated rings. The van der Waals surface area contributed by atoms with Crippen molar-refractivity contribution in [3.05, 3.63) is 22.9 Å². The normalized spacial score (nSPS) is 13.2. The van der Waals surface area contributed by atoms with E-state index in [0.717, 1.165) is 12.3 Å². The minimum atomic E-state index is -0.0112. The third-order valence-electron chi connectivity index (χ3n) is 1.68. The topological polar surface area (TPSA) is 37.8 Å². The first-order valence-electron chi connectivity index (χ1n) is 3.96. The number of nitrogens with zero attached hydrogens (tertiary/aromatic N) is 1. The molecule has 0 radical (unpaired) electrons. The lowest BCUT2D eigenvalue weighted by Gasteiger charge is -2.08. The van der Waals surface area contributed by atoms with Crippen LogP contribution in [-0.2, 0) is 6.54 Å². The van der Waals surface area contributed by atoms with Crippen LogP contribution in [0, 0.1) is 5.92 Å². The second kappa shape index (κ2) is 4.40. The van der Waals surface area contributed by atoms with Crippen molar-refractivity contribution in [2.75, 3.05) is 12.0 Å². The smallest absolute Gasteiger partial charge is 0.313 e. The molecule has 0 aromatic carbocycles. The SMILES string of the molecule is CSCC(C)Cn1cc[nH]c1=O. The van der Waals surface area contributed by atoms with Crippen molar-refractivity contribution in [3.63, 3.8) is 0 Å². The van der Waals surface area contributed by atoms with Crippen molar-refractivity contribution >= 4 is 11.8 Å². The van der Waals surface area contributed by atoms with Gasteiger partial charge in [0.05, 0.1) is 0 Å². The van der Waals surface area contributed by atoms with E-state index in [1.54, 1.807) is 17.0 Å². The standard InChI is InChI=1S/C8H14N2OS/c1-7(6-12-2)5-10-4-3-9-8(10)11/h3-4,7H,5-6H2,1-2H3,(H,9,11). The molecule has 1 unspecified atom stereocenters. The number of aromatic nitrogens is 2. The van der Waals surface area contributed by atoms with Crippen LogP contribution in [0.4, 0.5) is 0 Å². The Balaban J connectivity index is 2.52. The first kappa shape index (κ1) is 9.45. The van der Waals surface area contributed by atoms with Crippen molar-refractivity contribution in [2.45, 2.75) is 13.5 Å². The maximum absolute atomic E-state index is 11.1. The molecular formula is C8H14N2OS. The van der Waals surface area contributed by atoms with Crippen LogP contribution in [0.3, 0.4) is 0 Å². The fourth-order valence-electron chi connectivity index (χ4n) is 1.17. The zero-order valence-electron chi connectivity index (χ0n) is 7.41. The number of H-pyrrole nitrogens is 1. The van der Waals surface area contributed by atoms with Crippen LogP contribution in [0.25, 0.3) is 0 Å². The number of hydrogen-bond acceptors (Lipinski definition) is 2.